The normalized spacial score (nSPS) is 9.67. The van der Waals surface area contributed by atoms with E-state index in [2.05, 4.69) is 5.32 Å². The first kappa shape index (κ1) is 11.5. The van der Waals surface area contributed by atoms with E-state index in [1.54, 1.807) is 18.2 Å². The first-order valence-electron chi connectivity index (χ1n) is 4.35. The Bertz CT molecular complexity index is 379. The fourth-order valence-electron chi connectivity index (χ4n) is 1.07. The van der Waals surface area contributed by atoms with Crippen LogP contribution in [0.3, 0.4) is 0 Å². The molecule has 3 N–H and O–H groups in total. The Balaban J connectivity index is 2.69. The third kappa shape index (κ3) is 3.59. The summed E-state index contributed by atoms with van der Waals surface area (Å²) in [6.07, 6.45) is 0. The molecule has 1 aromatic rings. The maximum atomic E-state index is 11.5. The molecule has 0 radical (unpaired) electrons. The Hall–Kier alpha value is -1.55. The lowest BCUT2D eigenvalue weighted by Gasteiger charge is -2.03. The van der Waals surface area contributed by atoms with Crippen molar-refractivity contribution in [2.45, 2.75) is 5.88 Å². The second kappa shape index (κ2) is 5.36. The SMILES string of the molecule is NC(=O)CNC(=O)c1cccc(CCl)c1. The van der Waals surface area contributed by atoms with Crippen LogP contribution in [0.5, 0.6) is 0 Å². The number of amides is 2. The molecular weight excluding hydrogens is 216 g/mol. The third-order valence-corrected chi connectivity index (χ3v) is 2.08. The third-order valence-electron chi connectivity index (χ3n) is 1.77. The quantitative estimate of drug-likeness (QED) is 0.740. The number of hydrogen-bond acceptors (Lipinski definition) is 2. The fourth-order valence-corrected chi connectivity index (χ4v) is 1.23. The van der Waals surface area contributed by atoms with Gasteiger partial charge in [-0.05, 0) is 17.7 Å². The predicted octanol–water partition coefficient (Wildman–Crippen LogP) is 0.640. The van der Waals surface area contributed by atoms with E-state index in [4.69, 9.17) is 17.3 Å². The van der Waals surface area contributed by atoms with Gasteiger partial charge in [0, 0.05) is 11.4 Å². The largest absolute Gasteiger partial charge is 0.368 e. The van der Waals surface area contributed by atoms with Gasteiger partial charge in [0.2, 0.25) is 5.91 Å². The van der Waals surface area contributed by atoms with Crippen molar-refractivity contribution in [3.8, 4) is 0 Å². The summed E-state index contributed by atoms with van der Waals surface area (Å²) in [6, 6.07) is 6.87. The second-order valence-corrected chi connectivity index (χ2v) is 3.25. The lowest BCUT2D eigenvalue weighted by atomic mass is 10.1. The van der Waals surface area contributed by atoms with Gasteiger partial charge in [-0.1, -0.05) is 12.1 Å². The minimum atomic E-state index is -0.572. The molecule has 2 amide bonds. The summed E-state index contributed by atoms with van der Waals surface area (Å²) in [5, 5.41) is 2.39. The Morgan fingerprint density at radius 2 is 2.13 bits per heavy atom. The Kier molecular flexibility index (Phi) is 4.12. The molecule has 1 rings (SSSR count). The van der Waals surface area contributed by atoms with Gasteiger partial charge in [0.05, 0.1) is 6.54 Å². The molecule has 0 bridgehead atoms. The Morgan fingerprint density at radius 3 is 2.73 bits per heavy atom. The molecular formula is C10H11ClN2O2. The summed E-state index contributed by atoms with van der Waals surface area (Å²) in [5.41, 5.74) is 6.22. The van der Waals surface area contributed by atoms with Crippen LogP contribution in [0.1, 0.15) is 15.9 Å². The van der Waals surface area contributed by atoms with Gasteiger partial charge in [-0.3, -0.25) is 9.59 Å². The molecule has 0 aliphatic rings. The van der Waals surface area contributed by atoms with Crippen LogP contribution in [0, 0.1) is 0 Å². The molecule has 1 aromatic carbocycles. The number of nitrogens with two attached hydrogens (primary N) is 1. The number of alkyl halides is 1. The molecule has 15 heavy (non-hydrogen) atoms. The van der Waals surface area contributed by atoms with Crippen molar-refractivity contribution >= 4 is 23.4 Å². The molecule has 0 unspecified atom stereocenters. The first-order valence-corrected chi connectivity index (χ1v) is 4.88. The zero-order valence-corrected chi connectivity index (χ0v) is 8.75. The van der Waals surface area contributed by atoms with Gasteiger partial charge >= 0.3 is 0 Å². The molecule has 0 atom stereocenters. The number of primary amides is 1. The maximum absolute atomic E-state index is 11.5. The molecule has 0 heterocycles. The van der Waals surface area contributed by atoms with E-state index in [0.29, 0.717) is 11.4 Å². The van der Waals surface area contributed by atoms with E-state index in [9.17, 15) is 9.59 Å². The highest BCUT2D eigenvalue weighted by molar-refractivity contribution is 6.17. The van der Waals surface area contributed by atoms with Crippen LogP contribution >= 0.6 is 11.6 Å². The molecule has 0 aliphatic carbocycles. The highest BCUT2D eigenvalue weighted by Gasteiger charge is 2.06. The van der Waals surface area contributed by atoms with Gasteiger partial charge in [0.15, 0.2) is 0 Å². The van der Waals surface area contributed by atoms with E-state index in [0.717, 1.165) is 5.56 Å². The second-order valence-electron chi connectivity index (χ2n) is 2.98. The van der Waals surface area contributed by atoms with Gasteiger partial charge < -0.3 is 11.1 Å². The monoisotopic (exact) mass is 226 g/mol. The number of halogens is 1. The predicted molar refractivity (Wildman–Crippen MR) is 57.5 cm³/mol. The van der Waals surface area contributed by atoms with Crippen molar-refractivity contribution in [3.05, 3.63) is 35.4 Å². The minimum Gasteiger partial charge on any atom is -0.368 e. The smallest absolute Gasteiger partial charge is 0.251 e. The van der Waals surface area contributed by atoms with E-state index in [1.165, 1.54) is 0 Å². The Labute approximate surface area is 92.4 Å². The summed E-state index contributed by atoms with van der Waals surface area (Å²) in [5.74, 6) is -0.561. The summed E-state index contributed by atoms with van der Waals surface area (Å²) in [6.45, 7) is -0.163. The number of carbonyl (C=O) groups excluding carboxylic acids is 2. The molecule has 0 spiro atoms. The zero-order chi connectivity index (χ0) is 11.3. The minimum absolute atomic E-state index is 0.163. The standard InChI is InChI=1S/C10H11ClN2O2/c11-5-7-2-1-3-8(4-7)10(15)13-6-9(12)14/h1-4H,5-6H2,(H2,12,14)(H,13,15). The maximum Gasteiger partial charge on any atom is 0.251 e. The van der Waals surface area contributed by atoms with Crippen LogP contribution < -0.4 is 11.1 Å². The van der Waals surface area contributed by atoms with Crippen molar-refractivity contribution in [1.29, 1.82) is 0 Å². The fraction of sp³-hybridized carbons (Fsp3) is 0.200. The molecule has 0 aliphatic heterocycles. The van der Waals surface area contributed by atoms with E-state index >= 15 is 0 Å². The number of nitrogens with one attached hydrogen (secondary N) is 1. The van der Waals surface area contributed by atoms with Crippen molar-refractivity contribution in [2.24, 2.45) is 5.73 Å². The van der Waals surface area contributed by atoms with E-state index in [1.807, 2.05) is 6.07 Å². The van der Waals surface area contributed by atoms with Crippen LogP contribution in [0.4, 0.5) is 0 Å². The Morgan fingerprint density at radius 1 is 1.40 bits per heavy atom. The van der Waals surface area contributed by atoms with Gasteiger partial charge in [-0.2, -0.15) is 0 Å². The van der Waals surface area contributed by atoms with Crippen LogP contribution in [0.2, 0.25) is 0 Å². The van der Waals surface area contributed by atoms with Crippen molar-refractivity contribution in [1.82, 2.24) is 5.32 Å². The van der Waals surface area contributed by atoms with Crippen LogP contribution in [0.25, 0.3) is 0 Å². The number of benzene rings is 1. The lowest BCUT2D eigenvalue weighted by Crippen LogP contribution is -2.33. The van der Waals surface area contributed by atoms with Crippen molar-refractivity contribution in [2.75, 3.05) is 6.54 Å². The average Bonchev–Trinajstić information content (AvgIpc) is 2.26. The molecule has 0 aromatic heterocycles. The van der Waals surface area contributed by atoms with Gasteiger partial charge in [0.1, 0.15) is 0 Å². The topological polar surface area (TPSA) is 72.2 Å². The summed E-state index contributed by atoms with van der Waals surface area (Å²) in [7, 11) is 0. The molecule has 0 saturated heterocycles. The van der Waals surface area contributed by atoms with Crippen molar-refractivity contribution in [3.63, 3.8) is 0 Å². The van der Waals surface area contributed by atoms with Gasteiger partial charge in [0.25, 0.3) is 5.91 Å². The summed E-state index contributed by atoms with van der Waals surface area (Å²) >= 11 is 5.63. The number of carbonyl (C=O) groups is 2. The highest BCUT2D eigenvalue weighted by Crippen LogP contribution is 2.07. The van der Waals surface area contributed by atoms with Crippen LogP contribution in [-0.2, 0) is 10.7 Å². The van der Waals surface area contributed by atoms with Crippen LogP contribution in [-0.4, -0.2) is 18.4 Å². The number of hydrogen-bond donors (Lipinski definition) is 2. The average molecular weight is 227 g/mol. The van der Waals surface area contributed by atoms with E-state index < -0.39 is 5.91 Å². The first-order chi connectivity index (χ1) is 7.13. The molecule has 4 nitrogen and oxygen atoms in total. The van der Waals surface area contributed by atoms with E-state index in [-0.39, 0.29) is 12.5 Å². The van der Waals surface area contributed by atoms with Gasteiger partial charge in [-0.25, -0.2) is 0 Å². The molecule has 0 saturated carbocycles. The summed E-state index contributed by atoms with van der Waals surface area (Å²) in [4.78, 5) is 21.9. The highest BCUT2D eigenvalue weighted by atomic mass is 35.5. The summed E-state index contributed by atoms with van der Waals surface area (Å²) < 4.78 is 0. The van der Waals surface area contributed by atoms with Gasteiger partial charge in [-0.15, -0.1) is 11.6 Å². The number of rotatable bonds is 4. The molecule has 5 heteroatoms. The lowest BCUT2D eigenvalue weighted by molar-refractivity contribution is -0.117. The molecule has 80 valence electrons. The van der Waals surface area contributed by atoms with Crippen LogP contribution in [0.15, 0.2) is 24.3 Å². The van der Waals surface area contributed by atoms with Crippen molar-refractivity contribution < 1.29 is 9.59 Å². The molecule has 0 fully saturated rings. The zero-order valence-electron chi connectivity index (χ0n) is 8.00.